The zero-order valence-electron chi connectivity index (χ0n) is 13.3. The van der Waals surface area contributed by atoms with Gasteiger partial charge in [-0.2, -0.15) is 0 Å². The molecular weight excluding hydrogens is 304 g/mol. The van der Waals surface area contributed by atoms with Crippen molar-refractivity contribution in [3.8, 4) is 0 Å². The summed E-state index contributed by atoms with van der Waals surface area (Å²) >= 11 is 0. The maximum atomic E-state index is 10.1. The molecule has 1 aromatic carbocycles. The Bertz CT molecular complexity index is 805. The molecule has 7 heteroatoms. The fourth-order valence-electron chi connectivity index (χ4n) is 3.30. The molecule has 3 aromatic rings. The maximum absolute atomic E-state index is 10.1. The summed E-state index contributed by atoms with van der Waals surface area (Å²) in [6, 6.07) is 10.6. The van der Waals surface area contributed by atoms with Gasteiger partial charge in [0.15, 0.2) is 11.5 Å². The predicted octanol–water partition coefficient (Wildman–Crippen LogP) is 1.40. The van der Waals surface area contributed by atoms with Gasteiger partial charge in [0.2, 0.25) is 0 Å². The Morgan fingerprint density at radius 1 is 1.21 bits per heavy atom. The van der Waals surface area contributed by atoms with Crippen LogP contribution in [-0.4, -0.2) is 55.2 Å². The van der Waals surface area contributed by atoms with Gasteiger partial charge in [-0.1, -0.05) is 30.3 Å². The van der Waals surface area contributed by atoms with Gasteiger partial charge in [-0.3, -0.25) is 4.90 Å². The number of anilines is 1. The van der Waals surface area contributed by atoms with E-state index in [1.165, 1.54) is 11.9 Å². The highest BCUT2D eigenvalue weighted by Crippen LogP contribution is 2.22. The molecule has 7 nitrogen and oxygen atoms in total. The topological polar surface area (TPSA) is 90.0 Å². The number of aliphatic hydroxyl groups is 1. The Balaban J connectivity index is 1.45. The number of fused-ring (bicyclic) bond motifs is 1. The molecule has 3 N–H and O–H groups in total. The first-order valence-electron chi connectivity index (χ1n) is 8.13. The summed E-state index contributed by atoms with van der Waals surface area (Å²) in [7, 11) is 0. The Labute approximate surface area is 139 Å². The monoisotopic (exact) mass is 324 g/mol. The van der Waals surface area contributed by atoms with Crippen LogP contribution >= 0.6 is 0 Å². The average Bonchev–Trinajstić information content (AvgIpc) is 3.20. The molecule has 1 saturated heterocycles. The van der Waals surface area contributed by atoms with Crippen molar-refractivity contribution in [1.29, 1.82) is 0 Å². The first kappa shape index (κ1) is 15.0. The van der Waals surface area contributed by atoms with Gasteiger partial charge in [-0.25, -0.2) is 15.0 Å². The maximum Gasteiger partial charge on any atom is 0.182 e. The highest BCUT2D eigenvalue weighted by molar-refractivity contribution is 5.81. The molecule has 0 bridgehead atoms. The number of benzene rings is 1. The van der Waals surface area contributed by atoms with Crippen LogP contribution in [-0.2, 0) is 6.54 Å². The molecule has 124 valence electrons. The minimum absolute atomic E-state index is 0.258. The molecule has 0 aliphatic carbocycles. The van der Waals surface area contributed by atoms with E-state index >= 15 is 0 Å². The zero-order valence-corrected chi connectivity index (χ0v) is 13.3. The van der Waals surface area contributed by atoms with Crippen molar-refractivity contribution in [1.82, 2.24) is 24.8 Å². The second kappa shape index (κ2) is 6.54. The zero-order chi connectivity index (χ0) is 16.4. The number of hydrogen-bond acceptors (Lipinski definition) is 6. The minimum Gasteiger partial charge on any atom is -0.392 e. The highest BCUT2D eigenvalue weighted by atomic mass is 16.3. The van der Waals surface area contributed by atoms with Crippen LogP contribution in [0.2, 0.25) is 0 Å². The minimum atomic E-state index is -0.280. The lowest BCUT2D eigenvalue weighted by Gasteiger charge is -2.24. The molecule has 2 atom stereocenters. The fourth-order valence-corrected chi connectivity index (χ4v) is 3.30. The van der Waals surface area contributed by atoms with Gasteiger partial charge in [0, 0.05) is 25.7 Å². The van der Waals surface area contributed by atoms with E-state index in [9.17, 15) is 5.11 Å². The van der Waals surface area contributed by atoms with E-state index in [0.717, 1.165) is 30.8 Å². The predicted molar refractivity (Wildman–Crippen MR) is 91.4 cm³/mol. The van der Waals surface area contributed by atoms with E-state index in [0.29, 0.717) is 12.2 Å². The second-order valence-corrected chi connectivity index (χ2v) is 6.16. The number of aromatic nitrogens is 4. The number of aromatic amines is 1. The molecule has 24 heavy (non-hydrogen) atoms. The number of imidazole rings is 1. The SMILES string of the molecule is O[C@@H]1C[C@H](CNc2ncnc3nc[nH]c23)N(Cc2ccccc2)C1. The molecule has 0 saturated carbocycles. The van der Waals surface area contributed by atoms with Crippen molar-refractivity contribution in [3.05, 3.63) is 48.5 Å². The van der Waals surface area contributed by atoms with E-state index in [4.69, 9.17) is 0 Å². The summed E-state index contributed by atoms with van der Waals surface area (Å²) in [6.07, 6.45) is 3.61. The number of nitrogens with zero attached hydrogens (tertiary/aromatic N) is 4. The quantitative estimate of drug-likeness (QED) is 0.657. The third-order valence-electron chi connectivity index (χ3n) is 4.46. The van der Waals surface area contributed by atoms with E-state index in [-0.39, 0.29) is 12.1 Å². The lowest BCUT2D eigenvalue weighted by atomic mass is 10.1. The second-order valence-electron chi connectivity index (χ2n) is 6.16. The van der Waals surface area contributed by atoms with Crippen LogP contribution in [0, 0.1) is 0 Å². The first-order chi connectivity index (χ1) is 11.8. The number of H-pyrrole nitrogens is 1. The van der Waals surface area contributed by atoms with Gasteiger partial charge in [0.1, 0.15) is 11.8 Å². The lowest BCUT2D eigenvalue weighted by molar-refractivity contribution is 0.173. The van der Waals surface area contributed by atoms with Crippen molar-refractivity contribution >= 4 is 17.0 Å². The molecule has 0 amide bonds. The number of β-amino-alcohol motifs (C(OH)–C–C–N with tert-alkyl or cyclic N) is 1. The summed E-state index contributed by atoms with van der Waals surface area (Å²) in [5.74, 6) is 0.749. The lowest BCUT2D eigenvalue weighted by Crippen LogP contribution is -2.34. The van der Waals surface area contributed by atoms with E-state index in [2.05, 4.69) is 42.3 Å². The number of rotatable bonds is 5. The normalized spacial score (nSPS) is 21.4. The average molecular weight is 324 g/mol. The van der Waals surface area contributed by atoms with Gasteiger partial charge >= 0.3 is 0 Å². The summed E-state index contributed by atoms with van der Waals surface area (Å²) in [5, 5.41) is 13.4. The molecular formula is C17H20N6O. The van der Waals surface area contributed by atoms with Crippen LogP contribution in [0.5, 0.6) is 0 Å². The van der Waals surface area contributed by atoms with Crippen LogP contribution in [0.3, 0.4) is 0 Å². The van der Waals surface area contributed by atoms with E-state index in [1.807, 2.05) is 18.2 Å². The third-order valence-corrected chi connectivity index (χ3v) is 4.46. The van der Waals surface area contributed by atoms with Crippen LogP contribution in [0.15, 0.2) is 43.0 Å². The Kier molecular flexibility index (Phi) is 4.10. The van der Waals surface area contributed by atoms with Crippen molar-refractivity contribution < 1.29 is 5.11 Å². The fraction of sp³-hybridized carbons (Fsp3) is 0.353. The van der Waals surface area contributed by atoms with Gasteiger partial charge < -0.3 is 15.4 Å². The van der Waals surface area contributed by atoms with Crippen molar-refractivity contribution in [2.75, 3.05) is 18.4 Å². The van der Waals surface area contributed by atoms with Crippen LogP contribution < -0.4 is 5.32 Å². The smallest absolute Gasteiger partial charge is 0.182 e. The molecule has 2 aromatic heterocycles. The largest absolute Gasteiger partial charge is 0.392 e. The van der Waals surface area contributed by atoms with Crippen LogP contribution in [0.25, 0.3) is 11.2 Å². The Morgan fingerprint density at radius 2 is 2.08 bits per heavy atom. The summed E-state index contributed by atoms with van der Waals surface area (Å²) < 4.78 is 0. The van der Waals surface area contributed by atoms with Gasteiger partial charge in [0.25, 0.3) is 0 Å². The molecule has 0 radical (unpaired) electrons. The highest BCUT2D eigenvalue weighted by Gasteiger charge is 2.30. The number of nitrogens with one attached hydrogen (secondary N) is 2. The van der Waals surface area contributed by atoms with Crippen molar-refractivity contribution in [2.24, 2.45) is 0 Å². The molecule has 1 aliphatic rings. The standard InChI is InChI=1S/C17H20N6O/c24-14-6-13(23(9-14)8-12-4-2-1-3-5-12)7-18-16-15-17(20-10-19-15)22-11-21-16/h1-5,10-11,13-14,24H,6-9H2,(H2,18,19,20,21,22)/t13-,14-/m1/s1. The van der Waals surface area contributed by atoms with Crippen LogP contribution in [0.1, 0.15) is 12.0 Å². The number of likely N-dealkylation sites (tertiary alicyclic amines) is 1. The molecule has 3 heterocycles. The van der Waals surface area contributed by atoms with Crippen molar-refractivity contribution in [2.45, 2.75) is 25.1 Å². The Hall–Kier alpha value is -2.51. The van der Waals surface area contributed by atoms with E-state index < -0.39 is 0 Å². The number of aliphatic hydroxyl groups excluding tert-OH is 1. The molecule has 1 aliphatic heterocycles. The molecule has 4 rings (SSSR count). The molecule has 1 fully saturated rings. The third kappa shape index (κ3) is 3.08. The summed E-state index contributed by atoms with van der Waals surface area (Å²) in [6.45, 7) is 2.26. The number of hydrogen-bond donors (Lipinski definition) is 3. The summed E-state index contributed by atoms with van der Waals surface area (Å²) in [4.78, 5) is 17.9. The van der Waals surface area contributed by atoms with E-state index in [1.54, 1.807) is 6.33 Å². The van der Waals surface area contributed by atoms with Gasteiger partial charge in [0.05, 0.1) is 12.4 Å². The molecule has 0 unspecified atom stereocenters. The van der Waals surface area contributed by atoms with Gasteiger partial charge in [-0.15, -0.1) is 0 Å². The molecule has 0 spiro atoms. The van der Waals surface area contributed by atoms with Crippen molar-refractivity contribution in [3.63, 3.8) is 0 Å². The first-order valence-corrected chi connectivity index (χ1v) is 8.13. The van der Waals surface area contributed by atoms with Gasteiger partial charge in [-0.05, 0) is 12.0 Å². The Morgan fingerprint density at radius 3 is 2.96 bits per heavy atom. The summed E-state index contributed by atoms with van der Waals surface area (Å²) in [5.41, 5.74) is 2.72. The van der Waals surface area contributed by atoms with Crippen LogP contribution in [0.4, 0.5) is 5.82 Å².